The Labute approximate surface area is 109 Å². The molecular weight excluding hydrogens is 224 g/mol. The Hall–Kier alpha value is -1.35. The van der Waals surface area contributed by atoms with Gasteiger partial charge in [-0.05, 0) is 24.9 Å². The molecule has 0 radical (unpaired) electrons. The van der Waals surface area contributed by atoms with E-state index in [1.54, 1.807) is 0 Å². The van der Waals surface area contributed by atoms with Gasteiger partial charge in [0.2, 0.25) is 5.91 Å². The SMILES string of the molecule is CCNCCC(=O)N(Cc1ccccc1)C1CC1. The maximum atomic E-state index is 12.2. The first-order valence-corrected chi connectivity index (χ1v) is 6.85. The maximum Gasteiger partial charge on any atom is 0.224 e. The van der Waals surface area contributed by atoms with Crippen LogP contribution in [0.1, 0.15) is 31.7 Å². The predicted molar refractivity (Wildman–Crippen MR) is 73.2 cm³/mol. The van der Waals surface area contributed by atoms with Crippen molar-refractivity contribution in [3.8, 4) is 0 Å². The van der Waals surface area contributed by atoms with Crippen LogP contribution in [0.2, 0.25) is 0 Å². The van der Waals surface area contributed by atoms with Crippen LogP contribution >= 0.6 is 0 Å². The average molecular weight is 246 g/mol. The van der Waals surface area contributed by atoms with Gasteiger partial charge in [-0.2, -0.15) is 0 Å². The Balaban J connectivity index is 1.89. The molecular formula is C15H22N2O. The molecule has 18 heavy (non-hydrogen) atoms. The van der Waals surface area contributed by atoms with Gasteiger partial charge in [-0.15, -0.1) is 0 Å². The van der Waals surface area contributed by atoms with Gasteiger partial charge in [0, 0.05) is 25.6 Å². The molecule has 3 nitrogen and oxygen atoms in total. The summed E-state index contributed by atoms with van der Waals surface area (Å²) in [6, 6.07) is 10.7. The number of carbonyl (C=O) groups is 1. The van der Waals surface area contributed by atoms with Crippen molar-refractivity contribution >= 4 is 5.91 Å². The summed E-state index contributed by atoms with van der Waals surface area (Å²) in [5.41, 5.74) is 1.22. The number of nitrogens with one attached hydrogen (secondary N) is 1. The molecule has 0 atom stereocenters. The summed E-state index contributed by atoms with van der Waals surface area (Å²) in [4.78, 5) is 14.2. The van der Waals surface area contributed by atoms with E-state index >= 15 is 0 Å². The van der Waals surface area contributed by atoms with E-state index in [-0.39, 0.29) is 5.91 Å². The van der Waals surface area contributed by atoms with E-state index in [2.05, 4.69) is 24.4 Å². The first-order valence-electron chi connectivity index (χ1n) is 6.85. The van der Waals surface area contributed by atoms with Crippen LogP contribution in [0.15, 0.2) is 30.3 Å². The van der Waals surface area contributed by atoms with Gasteiger partial charge in [-0.1, -0.05) is 37.3 Å². The summed E-state index contributed by atoms with van der Waals surface area (Å²) >= 11 is 0. The molecule has 1 saturated carbocycles. The molecule has 1 aliphatic rings. The third kappa shape index (κ3) is 3.84. The largest absolute Gasteiger partial charge is 0.335 e. The Morgan fingerprint density at radius 3 is 2.67 bits per heavy atom. The van der Waals surface area contributed by atoms with Crippen molar-refractivity contribution in [2.24, 2.45) is 0 Å². The van der Waals surface area contributed by atoms with Gasteiger partial charge in [-0.25, -0.2) is 0 Å². The number of amides is 1. The molecule has 1 aliphatic carbocycles. The number of nitrogens with zero attached hydrogens (tertiary/aromatic N) is 1. The summed E-state index contributed by atoms with van der Waals surface area (Å²) in [5.74, 6) is 0.280. The summed E-state index contributed by atoms with van der Waals surface area (Å²) in [6.07, 6.45) is 2.94. The quantitative estimate of drug-likeness (QED) is 0.748. The zero-order chi connectivity index (χ0) is 12.8. The van der Waals surface area contributed by atoms with Crippen LogP contribution in [0.3, 0.4) is 0 Å². The molecule has 0 aromatic heterocycles. The lowest BCUT2D eigenvalue weighted by atomic mass is 10.2. The lowest BCUT2D eigenvalue weighted by molar-refractivity contribution is -0.132. The molecule has 98 valence electrons. The van der Waals surface area contributed by atoms with Crippen molar-refractivity contribution < 1.29 is 4.79 Å². The highest BCUT2D eigenvalue weighted by Crippen LogP contribution is 2.28. The molecule has 1 aromatic rings. The van der Waals surface area contributed by atoms with E-state index in [0.29, 0.717) is 12.5 Å². The standard InChI is InChI=1S/C15H22N2O/c1-2-16-11-10-15(18)17(14-8-9-14)12-13-6-4-3-5-7-13/h3-7,14,16H,2,8-12H2,1H3. The van der Waals surface area contributed by atoms with E-state index < -0.39 is 0 Å². The van der Waals surface area contributed by atoms with Crippen molar-refractivity contribution in [2.45, 2.75) is 38.8 Å². The predicted octanol–water partition coefficient (Wildman–Crippen LogP) is 2.18. The van der Waals surface area contributed by atoms with E-state index in [1.807, 2.05) is 23.1 Å². The molecule has 0 aliphatic heterocycles. The van der Waals surface area contributed by atoms with Gasteiger partial charge in [-0.3, -0.25) is 4.79 Å². The summed E-state index contributed by atoms with van der Waals surface area (Å²) in [7, 11) is 0. The first kappa shape index (κ1) is 13.1. The highest BCUT2D eigenvalue weighted by Gasteiger charge is 2.31. The summed E-state index contributed by atoms with van der Waals surface area (Å²) < 4.78 is 0. The van der Waals surface area contributed by atoms with Gasteiger partial charge in [0.05, 0.1) is 0 Å². The number of benzene rings is 1. The molecule has 0 heterocycles. The fourth-order valence-corrected chi connectivity index (χ4v) is 2.10. The van der Waals surface area contributed by atoms with E-state index in [0.717, 1.165) is 19.6 Å². The van der Waals surface area contributed by atoms with Crippen molar-refractivity contribution in [3.63, 3.8) is 0 Å². The fraction of sp³-hybridized carbons (Fsp3) is 0.533. The number of hydrogen-bond donors (Lipinski definition) is 1. The van der Waals surface area contributed by atoms with Crippen LogP contribution in [-0.2, 0) is 11.3 Å². The van der Waals surface area contributed by atoms with E-state index in [1.165, 1.54) is 18.4 Å². The molecule has 3 heteroatoms. The van der Waals surface area contributed by atoms with Crippen LogP contribution in [0.5, 0.6) is 0 Å². The van der Waals surface area contributed by atoms with Gasteiger partial charge >= 0.3 is 0 Å². The Morgan fingerprint density at radius 1 is 1.33 bits per heavy atom. The minimum Gasteiger partial charge on any atom is -0.335 e. The Bertz CT molecular complexity index is 373. The topological polar surface area (TPSA) is 32.3 Å². The minimum atomic E-state index is 0.280. The fourth-order valence-electron chi connectivity index (χ4n) is 2.10. The molecule has 0 bridgehead atoms. The smallest absolute Gasteiger partial charge is 0.224 e. The van der Waals surface area contributed by atoms with Crippen molar-refractivity contribution in [3.05, 3.63) is 35.9 Å². The third-order valence-corrected chi connectivity index (χ3v) is 3.27. The molecule has 1 amide bonds. The highest BCUT2D eigenvalue weighted by atomic mass is 16.2. The second-order valence-corrected chi connectivity index (χ2v) is 4.84. The van der Waals surface area contributed by atoms with Crippen LogP contribution in [-0.4, -0.2) is 29.9 Å². The molecule has 1 N–H and O–H groups in total. The second-order valence-electron chi connectivity index (χ2n) is 4.84. The van der Waals surface area contributed by atoms with Gasteiger partial charge < -0.3 is 10.2 Å². The third-order valence-electron chi connectivity index (χ3n) is 3.27. The Kier molecular flexibility index (Phi) is 4.76. The number of carbonyl (C=O) groups excluding carboxylic acids is 1. The van der Waals surface area contributed by atoms with Crippen LogP contribution < -0.4 is 5.32 Å². The molecule has 1 aromatic carbocycles. The average Bonchev–Trinajstić information content (AvgIpc) is 3.21. The van der Waals surface area contributed by atoms with E-state index in [9.17, 15) is 4.79 Å². The normalized spacial score (nSPS) is 14.5. The molecule has 0 spiro atoms. The van der Waals surface area contributed by atoms with Crippen LogP contribution in [0, 0.1) is 0 Å². The number of hydrogen-bond acceptors (Lipinski definition) is 2. The molecule has 0 saturated heterocycles. The first-order chi connectivity index (χ1) is 8.81. The zero-order valence-electron chi connectivity index (χ0n) is 11.1. The van der Waals surface area contributed by atoms with Gasteiger partial charge in [0.1, 0.15) is 0 Å². The maximum absolute atomic E-state index is 12.2. The van der Waals surface area contributed by atoms with Gasteiger partial charge in [0.25, 0.3) is 0 Å². The van der Waals surface area contributed by atoms with Crippen molar-refractivity contribution in [1.82, 2.24) is 10.2 Å². The highest BCUT2D eigenvalue weighted by molar-refractivity contribution is 5.77. The lowest BCUT2D eigenvalue weighted by Crippen LogP contribution is -2.34. The van der Waals surface area contributed by atoms with Crippen LogP contribution in [0.4, 0.5) is 0 Å². The zero-order valence-corrected chi connectivity index (χ0v) is 11.1. The van der Waals surface area contributed by atoms with Crippen molar-refractivity contribution in [1.29, 1.82) is 0 Å². The minimum absolute atomic E-state index is 0.280. The monoisotopic (exact) mass is 246 g/mol. The molecule has 0 unspecified atom stereocenters. The second kappa shape index (κ2) is 6.55. The van der Waals surface area contributed by atoms with E-state index in [4.69, 9.17) is 0 Å². The molecule has 1 fully saturated rings. The summed E-state index contributed by atoms with van der Waals surface area (Å²) in [5, 5.41) is 3.21. The molecule has 2 rings (SSSR count). The van der Waals surface area contributed by atoms with Crippen LogP contribution in [0.25, 0.3) is 0 Å². The van der Waals surface area contributed by atoms with Gasteiger partial charge in [0.15, 0.2) is 0 Å². The summed E-state index contributed by atoms with van der Waals surface area (Å²) in [6.45, 7) is 4.53. The number of rotatable bonds is 7. The van der Waals surface area contributed by atoms with Crippen molar-refractivity contribution in [2.75, 3.05) is 13.1 Å². The lowest BCUT2D eigenvalue weighted by Gasteiger charge is -2.22. The Morgan fingerprint density at radius 2 is 2.06 bits per heavy atom.